The Hall–Kier alpha value is -2.05. The zero-order valence-electron chi connectivity index (χ0n) is 11.6. The number of aromatic nitrogens is 6. The molecule has 0 saturated carbocycles. The van der Waals surface area contributed by atoms with E-state index in [1.807, 2.05) is 13.8 Å². The van der Waals surface area contributed by atoms with E-state index in [9.17, 15) is 4.79 Å². The van der Waals surface area contributed by atoms with Crippen LogP contribution in [-0.2, 0) is 6.42 Å². The van der Waals surface area contributed by atoms with Crippen molar-refractivity contribution in [2.24, 2.45) is 5.92 Å². The van der Waals surface area contributed by atoms with Gasteiger partial charge >= 0.3 is 6.03 Å². The van der Waals surface area contributed by atoms with Gasteiger partial charge in [0.2, 0.25) is 0 Å². The number of nitrogens with zero attached hydrogens (tertiary/aromatic N) is 6. The highest BCUT2D eigenvalue weighted by Gasteiger charge is 2.22. The summed E-state index contributed by atoms with van der Waals surface area (Å²) in [7, 11) is 0. The largest absolute Gasteiger partial charge is 0.372 e. The van der Waals surface area contributed by atoms with Gasteiger partial charge < -0.3 is 0 Å². The molecule has 7 nitrogen and oxygen atoms in total. The second kappa shape index (κ2) is 5.29. The highest BCUT2D eigenvalue weighted by molar-refractivity contribution is 5.78. The van der Waals surface area contributed by atoms with E-state index in [-0.39, 0.29) is 11.9 Å². The number of rotatable bonds is 3. The molecule has 2 aromatic rings. The SMILES string of the molecule is CC(C)Cc1nnn(C(=O)n2ccnn2)c1C(C)C. The summed E-state index contributed by atoms with van der Waals surface area (Å²) in [6.45, 7) is 8.27. The number of carbonyl (C=O) groups is 1. The van der Waals surface area contributed by atoms with Crippen LogP contribution in [0.1, 0.15) is 45.0 Å². The molecule has 0 amide bonds. The Morgan fingerprint density at radius 1 is 1.26 bits per heavy atom. The van der Waals surface area contributed by atoms with Gasteiger partial charge in [0.05, 0.1) is 23.8 Å². The summed E-state index contributed by atoms with van der Waals surface area (Å²) in [5.41, 5.74) is 1.72. The minimum atomic E-state index is -0.358. The molecule has 0 aromatic carbocycles. The normalized spacial score (nSPS) is 11.5. The molecule has 0 aliphatic heterocycles. The van der Waals surface area contributed by atoms with E-state index in [4.69, 9.17) is 0 Å². The third-order valence-corrected chi connectivity index (χ3v) is 2.73. The van der Waals surface area contributed by atoms with Gasteiger partial charge in [-0.25, -0.2) is 4.79 Å². The molecular weight excluding hydrogens is 244 g/mol. The van der Waals surface area contributed by atoms with Crippen molar-refractivity contribution in [3.63, 3.8) is 0 Å². The van der Waals surface area contributed by atoms with Crippen LogP contribution in [0.15, 0.2) is 12.4 Å². The van der Waals surface area contributed by atoms with Crippen LogP contribution in [0.2, 0.25) is 0 Å². The standard InChI is InChI=1S/C12H18N6O/c1-8(2)7-10-11(9(3)4)18(16-14-10)12(19)17-6-5-13-15-17/h5-6,8-9H,7H2,1-4H3. The molecule has 0 unspecified atom stereocenters. The molecule has 0 N–H and O–H groups in total. The molecule has 0 aliphatic rings. The van der Waals surface area contributed by atoms with E-state index in [2.05, 4.69) is 34.5 Å². The maximum atomic E-state index is 12.3. The third-order valence-electron chi connectivity index (χ3n) is 2.73. The zero-order valence-corrected chi connectivity index (χ0v) is 11.6. The van der Waals surface area contributed by atoms with Crippen molar-refractivity contribution < 1.29 is 4.79 Å². The fraction of sp³-hybridized carbons (Fsp3) is 0.583. The molecule has 0 radical (unpaired) electrons. The molecular formula is C12H18N6O. The monoisotopic (exact) mass is 262 g/mol. The average molecular weight is 262 g/mol. The van der Waals surface area contributed by atoms with Crippen LogP contribution >= 0.6 is 0 Å². The van der Waals surface area contributed by atoms with Gasteiger partial charge in [-0.3, -0.25) is 0 Å². The molecule has 0 spiro atoms. The average Bonchev–Trinajstić information content (AvgIpc) is 2.94. The fourth-order valence-corrected chi connectivity index (χ4v) is 1.98. The second-order valence-corrected chi connectivity index (χ2v) is 5.22. The quantitative estimate of drug-likeness (QED) is 0.841. The highest BCUT2D eigenvalue weighted by atomic mass is 16.2. The lowest BCUT2D eigenvalue weighted by Crippen LogP contribution is -2.24. The van der Waals surface area contributed by atoms with Crippen molar-refractivity contribution in [1.82, 2.24) is 30.0 Å². The van der Waals surface area contributed by atoms with E-state index in [1.54, 1.807) is 0 Å². The van der Waals surface area contributed by atoms with E-state index in [0.29, 0.717) is 5.92 Å². The molecule has 0 atom stereocenters. The summed E-state index contributed by atoms with van der Waals surface area (Å²) in [6, 6.07) is -0.358. The first kappa shape index (κ1) is 13.4. The molecule has 0 aliphatic carbocycles. The van der Waals surface area contributed by atoms with Gasteiger partial charge in [0.1, 0.15) is 0 Å². The third kappa shape index (κ3) is 2.69. The lowest BCUT2D eigenvalue weighted by atomic mass is 10.0. The van der Waals surface area contributed by atoms with E-state index in [1.165, 1.54) is 17.1 Å². The second-order valence-electron chi connectivity index (χ2n) is 5.22. The van der Waals surface area contributed by atoms with Crippen LogP contribution in [-0.4, -0.2) is 36.0 Å². The Kier molecular flexibility index (Phi) is 3.73. The Morgan fingerprint density at radius 3 is 2.53 bits per heavy atom. The van der Waals surface area contributed by atoms with Crippen LogP contribution < -0.4 is 0 Å². The molecule has 0 fully saturated rings. The molecule has 2 aromatic heterocycles. The topological polar surface area (TPSA) is 78.5 Å². The molecule has 102 valence electrons. The number of hydrogen-bond acceptors (Lipinski definition) is 5. The number of hydrogen-bond donors (Lipinski definition) is 0. The summed E-state index contributed by atoms with van der Waals surface area (Å²) >= 11 is 0. The van der Waals surface area contributed by atoms with Crippen molar-refractivity contribution >= 4 is 6.03 Å². The first-order chi connectivity index (χ1) is 9.00. The minimum Gasteiger partial charge on any atom is -0.243 e. The first-order valence-corrected chi connectivity index (χ1v) is 6.36. The molecule has 2 heterocycles. The van der Waals surface area contributed by atoms with E-state index >= 15 is 0 Å². The fourth-order valence-electron chi connectivity index (χ4n) is 1.98. The lowest BCUT2D eigenvalue weighted by molar-refractivity contribution is 0.236. The first-order valence-electron chi connectivity index (χ1n) is 6.36. The van der Waals surface area contributed by atoms with Crippen molar-refractivity contribution in [3.8, 4) is 0 Å². The molecule has 7 heteroatoms. The smallest absolute Gasteiger partial charge is 0.243 e. The van der Waals surface area contributed by atoms with Gasteiger partial charge in [0, 0.05) is 0 Å². The summed E-state index contributed by atoms with van der Waals surface area (Å²) in [4.78, 5) is 12.3. The van der Waals surface area contributed by atoms with Gasteiger partial charge in [-0.2, -0.15) is 9.36 Å². The lowest BCUT2D eigenvalue weighted by Gasteiger charge is -2.10. The van der Waals surface area contributed by atoms with Gasteiger partial charge in [-0.05, 0) is 18.3 Å². The summed E-state index contributed by atoms with van der Waals surface area (Å²) < 4.78 is 2.47. The Bertz CT molecular complexity index is 555. The van der Waals surface area contributed by atoms with Gasteiger partial charge in [-0.15, -0.1) is 10.2 Å². The Labute approximate surface area is 111 Å². The van der Waals surface area contributed by atoms with Gasteiger partial charge in [-0.1, -0.05) is 38.1 Å². The van der Waals surface area contributed by atoms with E-state index < -0.39 is 0 Å². The van der Waals surface area contributed by atoms with Crippen LogP contribution in [0.3, 0.4) is 0 Å². The summed E-state index contributed by atoms with van der Waals surface area (Å²) in [5, 5.41) is 15.4. The van der Waals surface area contributed by atoms with Crippen LogP contribution in [0, 0.1) is 5.92 Å². The Morgan fingerprint density at radius 2 is 2.00 bits per heavy atom. The van der Waals surface area contributed by atoms with Crippen molar-refractivity contribution in [1.29, 1.82) is 0 Å². The minimum absolute atomic E-state index is 0.163. The predicted molar refractivity (Wildman–Crippen MR) is 68.9 cm³/mol. The molecule has 2 rings (SSSR count). The summed E-state index contributed by atoms with van der Waals surface area (Å²) in [6.07, 6.45) is 3.76. The van der Waals surface area contributed by atoms with Crippen LogP contribution in [0.25, 0.3) is 0 Å². The highest BCUT2D eigenvalue weighted by Crippen LogP contribution is 2.20. The maximum Gasteiger partial charge on any atom is 0.372 e. The summed E-state index contributed by atoms with van der Waals surface area (Å²) in [5.74, 6) is 0.625. The van der Waals surface area contributed by atoms with Crippen molar-refractivity contribution in [2.45, 2.75) is 40.0 Å². The Balaban J connectivity index is 2.41. The van der Waals surface area contributed by atoms with Crippen molar-refractivity contribution in [3.05, 3.63) is 23.8 Å². The maximum absolute atomic E-state index is 12.3. The predicted octanol–water partition coefficient (Wildman–Crippen LogP) is 1.71. The number of carbonyl (C=O) groups excluding carboxylic acids is 1. The molecule has 0 bridgehead atoms. The molecule has 19 heavy (non-hydrogen) atoms. The van der Waals surface area contributed by atoms with Gasteiger partial charge in [0.15, 0.2) is 0 Å². The van der Waals surface area contributed by atoms with Gasteiger partial charge in [0.25, 0.3) is 0 Å². The zero-order chi connectivity index (χ0) is 14.0. The van der Waals surface area contributed by atoms with Crippen LogP contribution in [0.5, 0.6) is 0 Å². The molecule has 0 saturated heterocycles. The van der Waals surface area contributed by atoms with Crippen LogP contribution in [0.4, 0.5) is 4.79 Å². The van der Waals surface area contributed by atoms with E-state index in [0.717, 1.165) is 22.5 Å². The van der Waals surface area contributed by atoms with Crippen molar-refractivity contribution in [2.75, 3.05) is 0 Å².